The number of ether oxygens (including phenoxy) is 2. The molecule has 1 rings (SSSR count). The molecule has 9 heteroatoms. The molecule has 144 valence electrons. The van der Waals surface area contributed by atoms with Gasteiger partial charge in [0.25, 0.3) is 0 Å². The summed E-state index contributed by atoms with van der Waals surface area (Å²) in [6.07, 6.45) is -0.720. The minimum atomic E-state index is -1.22. The van der Waals surface area contributed by atoms with Gasteiger partial charge in [-0.3, -0.25) is 4.79 Å². The van der Waals surface area contributed by atoms with Crippen LogP contribution in [0.15, 0.2) is 24.3 Å². The molecule has 0 spiro atoms. The molecule has 1 aromatic carbocycles. The van der Waals surface area contributed by atoms with E-state index in [0.717, 1.165) is 0 Å². The zero-order valence-corrected chi connectivity index (χ0v) is 18.6. The first-order valence-electron chi connectivity index (χ1n) is 8.47. The third kappa shape index (κ3) is 10.6. The van der Waals surface area contributed by atoms with E-state index in [-0.39, 0.29) is 48.8 Å². The van der Waals surface area contributed by atoms with E-state index in [1.807, 2.05) is 6.92 Å². The van der Waals surface area contributed by atoms with Gasteiger partial charge in [-0.05, 0) is 37.0 Å². The Bertz CT molecular complexity index is 610. The van der Waals surface area contributed by atoms with E-state index in [1.54, 1.807) is 31.2 Å². The number of rotatable bonds is 10. The van der Waals surface area contributed by atoms with Crippen molar-refractivity contribution in [2.45, 2.75) is 58.3 Å². The summed E-state index contributed by atoms with van der Waals surface area (Å²) in [5, 5.41) is 13.9. The number of carboxylic acids is 1. The summed E-state index contributed by atoms with van der Waals surface area (Å²) in [4.78, 5) is 34.4. The third-order valence-electron chi connectivity index (χ3n) is 3.52. The van der Waals surface area contributed by atoms with Crippen LogP contribution < -0.4 is 40.0 Å². The zero-order valence-electron chi connectivity index (χ0n) is 15.8. The molecule has 0 saturated carbocycles. The number of benzene rings is 1. The molecule has 0 saturated heterocycles. The molecule has 1 N–H and O–H groups in total. The Kier molecular flexibility index (Phi) is 13.2. The molecule has 2 atom stereocenters. The summed E-state index contributed by atoms with van der Waals surface area (Å²) in [5.41, 5.74) is 0.671. The number of nitrogens with one attached hydrogen (secondary N) is 1. The Labute approximate surface area is 186 Å². The van der Waals surface area contributed by atoms with Crippen molar-refractivity contribution < 1.29 is 58.5 Å². The van der Waals surface area contributed by atoms with Crippen LogP contribution in [0.5, 0.6) is 0 Å². The predicted molar refractivity (Wildman–Crippen MR) is 93.1 cm³/mol. The van der Waals surface area contributed by atoms with E-state index in [4.69, 9.17) is 21.1 Å². The van der Waals surface area contributed by atoms with Gasteiger partial charge in [0.1, 0.15) is 0 Å². The Morgan fingerprint density at radius 3 is 2.26 bits per heavy atom. The van der Waals surface area contributed by atoms with E-state index in [2.05, 4.69) is 5.32 Å². The zero-order chi connectivity index (χ0) is 19.5. The second-order valence-corrected chi connectivity index (χ2v) is 6.06. The molecule has 0 heterocycles. The van der Waals surface area contributed by atoms with Crippen LogP contribution in [0, 0.1) is 0 Å². The number of halogens is 1. The number of carbonyl (C=O) groups excluding carboxylic acids is 3. The number of esters is 1. The Balaban J connectivity index is 0.00000676. The van der Waals surface area contributed by atoms with E-state index < -0.39 is 30.4 Å². The van der Waals surface area contributed by atoms with Gasteiger partial charge in [-0.25, -0.2) is 4.79 Å². The molecule has 1 amide bonds. The van der Waals surface area contributed by atoms with E-state index >= 15 is 0 Å². The number of hydrogen-bond donors (Lipinski definition) is 1. The first-order chi connectivity index (χ1) is 12.3. The van der Waals surface area contributed by atoms with E-state index in [0.29, 0.717) is 23.4 Å². The number of hydrogen-bond acceptors (Lipinski definition) is 6. The summed E-state index contributed by atoms with van der Waals surface area (Å²) >= 11 is 5.85. The molecule has 0 aliphatic heterocycles. The van der Waals surface area contributed by atoms with Crippen LogP contribution in [0.3, 0.4) is 0 Å². The molecule has 0 aliphatic rings. The van der Waals surface area contributed by atoms with Crippen LogP contribution in [-0.2, 0) is 19.1 Å². The van der Waals surface area contributed by atoms with Gasteiger partial charge < -0.3 is 24.7 Å². The van der Waals surface area contributed by atoms with Crippen molar-refractivity contribution in [3.8, 4) is 0 Å². The van der Waals surface area contributed by atoms with Crippen molar-refractivity contribution in [2.75, 3.05) is 0 Å². The third-order valence-corrected chi connectivity index (χ3v) is 3.77. The number of carbonyl (C=O) groups is 3. The van der Waals surface area contributed by atoms with Crippen LogP contribution >= 0.6 is 11.6 Å². The summed E-state index contributed by atoms with van der Waals surface area (Å²) in [5.74, 6) is -1.69. The first kappa shape index (κ1) is 25.7. The second kappa shape index (κ2) is 13.8. The normalized spacial score (nSPS) is 12.3. The maximum Gasteiger partial charge on any atom is 1.00 e. The van der Waals surface area contributed by atoms with Crippen LogP contribution in [0.4, 0.5) is 4.79 Å². The quantitative estimate of drug-likeness (QED) is 0.325. The van der Waals surface area contributed by atoms with Crippen molar-refractivity contribution in [3.05, 3.63) is 34.9 Å². The fourth-order valence-electron chi connectivity index (χ4n) is 2.18. The van der Waals surface area contributed by atoms with Gasteiger partial charge in [-0.1, -0.05) is 37.6 Å². The van der Waals surface area contributed by atoms with Crippen LogP contribution in [-0.4, -0.2) is 24.3 Å². The molecule has 1 aromatic rings. The fraction of sp³-hybridized carbons (Fsp3) is 0.500. The van der Waals surface area contributed by atoms with Gasteiger partial charge in [-0.2, -0.15) is 0 Å². The molecule has 0 bridgehead atoms. The minimum absolute atomic E-state index is 0. The number of carboxylic acid groups (broad SMARTS) is 1. The molecular formula is C18H23ClNNaO6. The number of amides is 1. The van der Waals surface area contributed by atoms with E-state index in [9.17, 15) is 19.5 Å². The van der Waals surface area contributed by atoms with Gasteiger partial charge >= 0.3 is 41.6 Å². The van der Waals surface area contributed by atoms with Gasteiger partial charge in [0.05, 0.1) is 6.04 Å². The van der Waals surface area contributed by atoms with E-state index in [1.165, 1.54) is 0 Å². The number of alkyl carbamates (subject to hydrolysis) is 1. The average Bonchev–Trinajstić information content (AvgIpc) is 2.59. The summed E-state index contributed by atoms with van der Waals surface area (Å²) in [7, 11) is 0. The first-order valence-corrected chi connectivity index (χ1v) is 8.85. The summed E-state index contributed by atoms with van der Waals surface area (Å²) in [6, 6.07) is 6.03. The van der Waals surface area contributed by atoms with Gasteiger partial charge in [0.2, 0.25) is 6.29 Å². The monoisotopic (exact) mass is 407 g/mol. The maximum atomic E-state index is 12.2. The largest absolute Gasteiger partial charge is 1.00 e. The van der Waals surface area contributed by atoms with Crippen LogP contribution in [0.2, 0.25) is 5.02 Å². The topological polar surface area (TPSA) is 105 Å². The van der Waals surface area contributed by atoms with Gasteiger partial charge in [-0.15, -0.1) is 0 Å². The summed E-state index contributed by atoms with van der Waals surface area (Å²) < 4.78 is 10.2. The smallest absolute Gasteiger partial charge is 0.550 e. The second-order valence-electron chi connectivity index (χ2n) is 5.63. The summed E-state index contributed by atoms with van der Waals surface area (Å²) in [6.45, 7) is 3.51. The Morgan fingerprint density at radius 1 is 1.11 bits per heavy atom. The fourth-order valence-corrected chi connectivity index (χ4v) is 2.31. The average molecular weight is 408 g/mol. The molecule has 0 radical (unpaired) electrons. The van der Waals surface area contributed by atoms with Crippen molar-refractivity contribution in [1.29, 1.82) is 0 Å². The Morgan fingerprint density at radius 2 is 1.74 bits per heavy atom. The van der Waals surface area contributed by atoms with Gasteiger partial charge in [0.15, 0.2) is 0 Å². The standard InChI is InChI=1S/C18H24ClNO6.Na/c1-3-5-17(25-16(23)4-2)26-18(24)20-14(10-11-15(21)22)12-6-8-13(19)9-7-12;/h6-9,14,17H,3-5,10-11H2,1-2H3,(H,20,24)(H,21,22);/q;+1/p-1. The van der Waals surface area contributed by atoms with Crippen molar-refractivity contribution in [3.63, 3.8) is 0 Å². The van der Waals surface area contributed by atoms with Crippen molar-refractivity contribution >= 4 is 29.6 Å². The molecule has 0 fully saturated rings. The van der Waals surface area contributed by atoms with Crippen molar-refractivity contribution in [1.82, 2.24) is 5.32 Å². The molecule has 27 heavy (non-hydrogen) atoms. The minimum Gasteiger partial charge on any atom is -0.550 e. The molecule has 7 nitrogen and oxygen atoms in total. The maximum absolute atomic E-state index is 12.2. The predicted octanol–water partition coefficient (Wildman–Crippen LogP) is -0.279. The molecule has 0 aromatic heterocycles. The molecule has 2 unspecified atom stereocenters. The number of aliphatic carboxylic acids is 1. The van der Waals surface area contributed by atoms with Crippen LogP contribution in [0.25, 0.3) is 0 Å². The SMILES string of the molecule is CCCC(OC(=O)CC)OC(=O)NC(CCC(=O)[O-])c1ccc(Cl)cc1.[Na+]. The van der Waals surface area contributed by atoms with Gasteiger partial charge in [0, 0.05) is 23.8 Å². The molecule has 0 aliphatic carbocycles. The van der Waals surface area contributed by atoms with Crippen LogP contribution in [0.1, 0.15) is 57.6 Å². The van der Waals surface area contributed by atoms with Crippen molar-refractivity contribution in [2.24, 2.45) is 0 Å². The molecular weight excluding hydrogens is 385 g/mol. The Hall–Kier alpha value is -1.28.